The van der Waals surface area contributed by atoms with Crippen LogP contribution < -0.4 is 10.6 Å². The lowest BCUT2D eigenvalue weighted by molar-refractivity contribution is -0.139. The van der Waals surface area contributed by atoms with Crippen LogP contribution >= 0.6 is 0 Å². The van der Waals surface area contributed by atoms with E-state index in [1.807, 2.05) is 0 Å². The molecule has 2 atom stereocenters. The number of carboxylic acids is 1. The van der Waals surface area contributed by atoms with E-state index in [0.717, 1.165) is 0 Å². The number of terminal acetylenes is 1. The van der Waals surface area contributed by atoms with Crippen molar-refractivity contribution >= 4 is 12.0 Å². The normalized spacial score (nSPS) is 13.2. The monoisotopic (exact) mass is 242 g/mol. The smallest absolute Gasteiger partial charge is 0.327 e. The summed E-state index contributed by atoms with van der Waals surface area (Å²) in [6.45, 7) is 2.32. The summed E-state index contributed by atoms with van der Waals surface area (Å²) in [4.78, 5) is 22.1. The number of carbonyl (C=O) groups excluding carboxylic acids is 1. The molecule has 3 N–H and O–H groups in total. The third-order valence-electron chi connectivity index (χ3n) is 2.06. The standard InChI is InChI=1S/C11H18N2O4/c1-4-5-9(10(14)15)13-11(16)12-8(2)6-7-17-3/h1,8-9H,5-7H2,2-3H3,(H,14,15)(H2,12,13,16). The Morgan fingerprint density at radius 2 is 2.12 bits per heavy atom. The highest BCUT2D eigenvalue weighted by molar-refractivity contribution is 5.82. The molecule has 0 fully saturated rings. The van der Waals surface area contributed by atoms with Gasteiger partial charge in [0.25, 0.3) is 0 Å². The van der Waals surface area contributed by atoms with Gasteiger partial charge in [0.1, 0.15) is 6.04 Å². The van der Waals surface area contributed by atoms with Gasteiger partial charge in [0, 0.05) is 26.2 Å². The zero-order chi connectivity index (χ0) is 13.3. The maximum Gasteiger partial charge on any atom is 0.327 e. The molecule has 0 spiro atoms. The largest absolute Gasteiger partial charge is 0.480 e. The van der Waals surface area contributed by atoms with Gasteiger partial charge in [-0.3, -0.25) is 0 Å². The molecule has 96 valence electrons. The topological polar surface area (TPSA) is 87.7 Å². The number of carbonyl (C=O) groups is 2. The summed E-state index contributed by atoms with van der Waals surface area (Å²) >= 11 is 0. The maximum atomic E-state index is 11.4. The summed E-state index contributed by atoms with van der Waals surface area (Å²) in [6.07, 6.45) is 5.61. The minimum atomic E-state index is -1.15. The van der Waals surface area contributed by atoms with Crippen LogP contribution in [0.2, 0.25) is 0 Å². The fourth-order valence-electron chi connectivity index (χ4n) is 1.11. The van der Waals surface area contributed by atoms with Crippen LogP contribution in [0.3, 0.4) is 0 Å². The zero-order valence-electron chi connectivity index (χ0n) is 10.0. The highest BCUT2D eigenvalue weighted by Gasteiger charge is 2.19. The highest BCUT2D eigenvalue weighted by atomic mass is 16.5. The molecule has 0 aromatic carbocycles. The number of urea groups is 1. The predicted octanol–water partition coefficient (Wildman–Crippen LogP) is 0.187. The van der Waals surface area contributed by atoms with Crippen LogP contribution in [0.4, 0.5) is 4.79 Å². The van der Waals surface area contributed by atoms with Crippen LogP contribution in [0.15, 0.2) is 0 Å². The third-order valence-corrected chi connectivity index (χ3v) is 2.06. The SMILES string of the molecule is C#CCC(NC(=O)NC(C)CCOC)C(=O)O. The highest BCUT2D eigenvalue weighted by Crippen LogP contribution is 1.93. The fraction of sp³-hybridized carbons (Fsp3) is 0.636. The molecular formula is C11H18N2O4. The van der Waals surface area contributed by atoms with E-state index >= 15 is 0 Å². The van der Waals surface area contributed by atoms with Crippen LogP contribution in [0, 0.1) is 12.3 Å². The molecule has 0 rings (SSSR count). The van der Waals surface area contributed by atoms with Gasteiger partial charge < -0.3 is 20.5 Å². The lowest BCUT2D eigenvalue weighted by Crippen LogP contribution is -2.48. The summed E-state index contributed by atoms with van der Waals surface area (Å²) in [5.74, 6) is 1.05. The molecule has 2 amide bonds. The van der Waals surface area contributed by atoms with Crippen molar-refractivity contribution in [2.24, 2.45) is 0 Å². The van der Waals surface area contributed by atoms with E-state index in [1.165, 1.54) is 0 Å². The van der Waals surface area contributed by atoms with Crippen LogP contribution in [0.5, 0.6) is 0 Å². The minimum absolute atomic E-state index is 0.0464. The average molecular weight is 242 g/mol. The van der Waals surface area contributed by atoms with Crippen LogP contribution in [0.1, 0.15) is 19.8 Å². The number of hydrogen-bond acceptors (Lipinski definition) is 3. The molecule has 0 aromatic heterocycles. The number of aliphatic carboxylic acids is 1. The number of amides is 2. The molecule has 0 bridgehead atoms. The van der Waals surface area contributed by atoms with Crippen LogP contribution in [-0.2, 0) is 9.53 Å². The van der Waals surface area contributed by atoms with Crippen molar-refractivity contribution < 1.29 is 19.4 Å². The molecule has 0 heterocycles. The molecule has 0 aliphatic carbocycles. The molecule has 17 heavy (non-hydrogen) atoms. The van der Waals surface area contributed by atoms with E-state index in [2.05, 4.69) is 16.6 Å². The third kappa shape index (κ3) is 7.19. The van der Waals surface area contributed by atoms with Gasteiger partial charge in [-0.05, 0) is 13.3 Å². The molecule has 6 heteroatoms. The van der Waals surface area contributed by atoms with Crippen LogP contribution in [-0.4, -0.2) is 42.9 Å². The molecule has 0 radical (unpaired) electrons. The summed E-state index contributed by atoms with van der Waals surface area (Å²) < 4.78 is 4.86. The number of methoxy groups -OCH3 is 1. The van der Waals surface area contributed by atoms with Crippen molar-refractivity contribution in [2.75, 3.05) is 13.7 Å². The van der Waals surface area contributed by atoms with E-state index in [4.69, 9.17) is 16.3 Å². The van der Waals surface area contributed by atoms with Crippen molar-refractivity contribution in [3.8, 4) is 12.3 Å². The summed E-state index contributed by atoms with van der Waals surface area (Å²) in [5.41, 5.74) is 0. The predicted molar refractivity (Wildman–Crippen MR) is 62.5 cm³/mol. The molecule has 6 nitrogen and oxygen atoms in total. The second kappa shape index (κ2) is 8.42. The van der Waals surface area contributed by atoms with Crippen LogP contribution in [0.25, 0.3) is 0 Å². The first kappa shape index (κ1) is 15.3. The van der Waals surface area contributed by atoms with Gasteiger partial charge in [0.2, 0.25) is 0 Å². The Bertz CT molecular complexity index is 298. The Balaban J connectivity index is 4.06. The lowest BCUT2D eigenvalue weighted by Gasteiger charge is -2.16. The Labute approximate surface area is 101 Å². The second-order valence-electron chi connectivity index (χ2n) is 3.60. The molecule has 2 unspecified atom stereocenters. The summed E-state index contributed by atoms with van der Waals surface area (Å²) in [7, 11) is 1.57. The van der Waals surface area contributed by atoms with Gasteiger partial charge in [0.05, 0.1) is 0 Å². The van der Waals surface area contributed by atoms with E-state index in [1.54, 1.807) is 14.0 Å². The quantitative estimate of drug-likeness (QED) is 0.556. The number of ether oxygens (including phenoxy) is 1. The Morgan fingerprint density at radius 1 is 1.47 bits per heavy atom. The Morgan fingerprint density at radius 3 is 2.59 bits per heavy atom. The van der Waals surface area contributed by atoms with Crippen molar-refractivity contribution in [1.82, 2.24) is 10.6 Å². The van der Waals surface area contributed by atoms with Gasteiger partial charge in [-0.2, -0.15) is 0 Å². The van der Waals surface area contributed by atoms with Gasteiger partial charge in [0.15, 0.2) is 0 Å². The van der Waals surface area contributed by atoms with E-state index in [-0.39, 0.29) is 12.5 Å². The zero-order valence-corrected chi connectivity index (χ0v) is 10.0. The number of nitrogens with one attached hydrogen (secondary N) is 2. The Kier molecular flexibility index (Phi) is 7.55. The van der Waals surface area contributed by atoms with E-state index < -0.39 is 18.0 Å². The molecule has 0 aliphatic rings. The number of hydrogen-bond donors (Lipinski definition) is 3. The van der Waals surface area contributed by atoms with Crippen molar-refractivity contribution in [2.45, 2.75) is 31.8 Å². The molecule has 0 aliphatic heterocycles. The summed E-state index contributed by atoms with van der Waals surface area (Å²) in [5, 5.41) is 13.7. The number of rotatable bonds is 7. The second-order valence-corrected chi connectivity index (χ2v) is 3.60. The average Bonchev–Trinajstić information content (AvgIpc) is 2.25. The van der Waals surface area contributed by atoms with Crippen molar-refractivity contribution in [3.63, 3.8) is 0 Å². The Hall–Kier alpha value is -1.74. The van der Waals surface area contributed by atoms with E-state index in [0.29, 0.717) is 13.0 Å². The summed E-state index contributed by atoms with van der Waals surface area (Å²) in [6, 6.07) is -1.71. The van der Waals surface area contributed by atoms with Gasteiger partial charge >= 0.3 is 12.0 Å². The van der Waals surface area contributed by atoms with E-state index in [9.17, 15) is 9.59 Å². The first-order chi connectivity index (χ1) is 8.01. The molecule has 0 saturated carbocycles. The lowest BCUT2D eigenvalue weighted by atomic mass is 10.2. The van der Waals surface area contributed by atoms with Gasteiger partial charge in [-0.25, -0.2) is 9.59 Å². The first-order valence-electron chi connectivity index (χ1n) is 5.23. The number of carboxylic acid groups (broad SMARTS) is 1. The van der Waals surface area contributed by atoms with Gasteiger partial charge in [-0.15, -0.1) is 12.3 Å². The first-order valence-corrected chi connectivity index (χ1v) is 5.23. The molecule has 0 aromatic rings. The fourth-order valence-corrected chi connectivity index (χ4v) is 1.11. The van der Waals surface area contributed by atoms with Crippen molar-refractivity contribution in [1.29, 1.82) is 0 Å². The molecular weight excluding hydrogens is 224 g/mol. The minimum Gasteiger partial charge on any atom is -0.480 e. The van der Waals surface area contributed by atoms with Crippen molar-refractivity contribution in [3.05, 3.63) is 0 Å². The molecule has 0 saturated heterocycles. The maximum absolute atomic E-state index is 11.4. The van der Waals surface area contributed by atoms with Gasteiger partial charge in [-0.1, -0.05) is 0 Å².